The van der Waals surface area contributed by atoms with Gasteiger partial charge in [0.15, 0.2) is 0 Å². The molecule has 0 saturated heterocycles. The van der Waals surface area contributed by atoms with Gasteiger partial charge in [-0.15, -0.1) is 0 Å². The highest BCUT2D eigenvalue weighted by Crippen LogP contribution is 2.23. The van der Waals surface area contributed by atoms with Gasteiger partial charge in [-0.05, 0) is 54.1 Å². The van der Waals surface area contributed by atoms with E-state index in [-0.39, 0.29) is 43.1 Å². The summed E-state index contributed by atoms with van der Waals surface area (Å²) in [7, 11) is 0.783. The van der Waals surface area contributed by atoms with E-state index in [1.165, 1.54) is 26.7 Å². The lowest BCUT2D eigenvalue weighted by Crippen LogP contribution is -2.31. The lowest BCUT2D eigenvalue weighted by molar-refractivity contribution is 0.0712. The quantitative estimate of drug-likeness (QED) is 0.245. The number of methoxy groups -OCH3 is 3. The third-order valence-corrected chi connectivity index (χ3v) is 7.69. The fraction of sp³-hybridized carbons (Fsp3) is 0.286. The highest BCUT2D eigenvalue weighted by Gasteiger charge is 2.26. The number of ether oxygens (including phenoxy) is 3. The molecule has 2 aromatic heterocycles. The second-order valence-electron chi connectivity index (χ2n) is 8.76. The zero-order chi connectivity index (χ0) is 27.8. The number of aromatic nitrogens is 2. The van der Waals surface area contributed by atoms with E-state index in [9.17, 15) is 13.2 Å². The molecule has 39 heavy (non-hydrogen) atoms. The summed E-state index contributed by atoms with van der Waals surface area (Å²) in [5.41, 5.74) is 1.58. The Labute approximate surface area is 227 Å². The molecule has 11 heteroatoms. The van der Waals surface area contributed by atoms with E-state index in [4.69, 9.17) is 18.6 Å². The fourth-order valence-electron chi connectivity index (χ4n) is 4.14. The third kappa shape index (κ3) is 6.87. The molecule has 0 atom stereocenters. The molecule has 0 unspecified atom stereocenters. The Balaban J connectivity index is 1.66. The van der Waals surface area contributed by atoms with Crippen LogP contribution < -0.4 is 9.47 Å². The third-order valence-electron chi connectivity index (χ3n) is 6.09. The minimum Gasteiger partial charge on any atom is -0.497 e. The maximum atomic E-state index is 13.6. The van der Waals surface area contributed by atoms with Gasteiger partial charge in [-0.25, -0.2) is 13.4 Å². The smallest absolute Gasteiger partial charge is 0.254 e. The van der Waals surface area contributed by atoms with E-state index in [2.05, 4.69) is 4.98 Å². The van der Waals surface area contributed by atoms with E-state index in [1.54, 1.807) is 77.2 Å². The van der Waals surface area contributed by atoms with Crippen molar-refractivity contribution in [3.8, 4) is 11.5 Å². The van der Waals surface area contributed by atoms with Crippen molar-refractivity contribution in [1.82, 2.24) is 14.5 Å². The fourth-order valence-corrected chi connectivity index (χ4v) is 5.64. The van der Waals surface area contributed by atoms with Crippen molar-refractivity contribution in [2.75, 3.05) is 27.9 Å². The van der Waals surface area contributed by atoms with E-state index < -0.39 is 9.84 Å². The topological polar surface area (TPSA) is 113 Å². The second-order valence-corrected chi connectivity index (χ2v) is 10.6. The minimum absolute atomic E-state index is 0.0905. The Morgan fingerprint density at radius 2 is 1.74 bits per heavy atom. The summed E-state index contributed by atoms with van der Waals surface area (Å²) in [5, 5.41) is -0.0905. The Kier molecular flexibility index (Phi) is 9.05. The summed E-state index contributed by atoms with van der Waals surface area (Å²) >= 11 is 0. The number of sulfone groups is 1. The molecule has 4 aromatic rings. The zero-order valence-electron chi connectivity index (χ0n) is 22.1. The molecule has 206 valence electrons. The van der Waals surface area contributed by atoms with Gasteiger partial charge in [-0.2, -0.15) is 0 Å². The van der Waals surface area contributed by atoms with Gasteiger partial charge in [-0.3, -0.25) is 4.79 Å². The summed E-state index contributed by atoms with van der Waals surface area (Å²) in [6.07, 6.45) is 3.03. The van der Waals surface area contributed by atoms with Crippen molar-refractivity contribution in [3.63, 3.8) is 0 Å². The molecule has 0 N–H and O–H groups in total. The number of carbonyl (C=O) groups excluding carboxylic acids is 1. The second kappa shape index (κ2) is 12.6. The standard InChI is InChI=1S/C28H31N3O7S/c1-35-15-13-31-23(17-29-28(31)39(33,34)20-21-6-4-7-25(16-21)37-3)18-30(19-26-8-5-14-38-26)27(32)22-9-11-24(36-2)12-10-22/h4-12,14,16-17H,13,15,18-20H2,1-3H3. The Morgan fingerprint density at radius 3 is 2.41 bits per heavy atom. The van der Waals surface area contributed by atoms with Crippen LogP contribution in [0.15, 0.2) is 82.7 Å². The first-order valence-electron chi connectivity index (χ1n) is 12.2. The summed E-state index contributed by atoms with van der Waals surface area (Å²) < 4.78 is 49.7. The predicted octanol–water partition coefficient (Wildman–Crippen LogP) is 3.96. The molecule has 0 aliphatic heterocycles. The Morgan fingerprint density at radius 1 is 0.974 bits per heavy atom. The maximum Gasteiger partial charge on any atom is 0.254 e. The van der Waals surface area contributed by atoms with E-state index >= 15 is 0 Å². The zero-order valence-corrected chi connectivity index (χ0v) is 22.9. The molecule has 1 amide bonds. The first-order chi connectivity index (χ1) is 18.8. The summed E-state index contributed by atoms with van der Waals surface area (Å²) in [5.74, 6) is 1.28. The van der Waals surface area contributed by atoms with Crippen LogP contribution in [-0.4, -0.2) is 56.7 Å². The van der Waals surface area contributed by atoms with Gasteiger partial charge in [0.05, 0.1) is 57.8 Å². The Bertz CT molecular complexity index is 1480. The lowest BCUT2D eigenvalue weighted by Gasteiger charge is -2.23. The highest BCUT2D eigenvalue weighted by atomic mass is 32.2. The van der Waals surface area contributed by atoms with E-state index in [1.807, 2.05) is 0 Å². The molecule has 2 heterocycles. The maximum absolute atomic E-state index is 13.6. The number of benzene rings is 2. The van der Waals surface area contributed by atoms with Crippen LogP contribution >= 0.6 is 0 Å². The number of amides is 1. The van der Waals surface area contributed by atoms with Gasteiger partial charge in [0.25, 0.3) is 5.91 Å². The average Bonchev–Trinajstić information content (AvgIpc) is 3.61. The van der Waals surface area contributed by atoms with Gasteiger partial charge in [0.2, 0.25) is 15.0 Å². The number of nitrogens with zero attached hydrogens (tertiary/aromatic N) is 3. The molecule has 0 fully saturated rings. The number of furan rings is 1. The van der Waals surface area contributed by atoms with Crippen LogP contribution in [0.4, 0.5) is 0 Å². The molecular weight excluding hydrogens is 522 g/mol. The molecule has 0 aliphatic rings. The molecule has 0 radical (unpaired) electrons. The van der Waals surface area contributed by atoms with Crippen LogP contribution in [0.25, 0.3) is 0 Å². The van der Waals surface area contributed by atoms with Crippen molar-refractivity contribution in [2.45, 2.75) is 30.5 Å². The van der Waals surface area contributed by atoms with Crippen LogP contribution in [0.5, 0.6) is 11.5 Å². The molecule has 0 bridgehead atoms. The molecule has 0 spiro atoms. The van der Waals surface area contributed by atoms with E-state index in [0.717, 1.165) is 0 Å². The van der Waals surface area contributed by atoms with Gasteiger partial charge < -0.3 is 28.1 Å². The normalized spacial score (nSPS) is 11.4. The Hall–Kier alpha value is -4.09. The molecule has 0 aliphatic carbocycles. The number of hydrogen-bond acceptors (Lipinski definition) is 8. The van der Waals surface area contributed by atoms with Crippen LogP contribution in [0.2, 0.25) is 0 Å². The first-order valence-corrected chi connectivity index (χ1v) is 13.8. The summed E-state index contributed by atoms with van der Waals surface area (Å²) in [6.45, 7) is 0.773. The first kappa shape index (κ1) is 27.9. The van der Waals surface area contributed by atoms with Crippen molar-refractivity contribution in [3.05, 3.63) is 95.7 Å². The molecule has 4 rings (SSSR count). The molecule has 10 nitrogen and oxygen atoms in total. The van der Waals surface area contributed by atoms with Crippen molar-refractivity contribution < 1.29 is 31.8 Å². The van der Waals surface area contributed by atoms with Gasteiger partial charge in [-0.1, -0.05) is 12.1 Å². The van der Waals surface area contributed by atoms with Gasteiger partial charge in [0, 0.05) is 19.2 Å². The van der Waals surface area contributed by atoms with Crippen molar-refractivity contribution in [2.24, 2.45) is 0 Å². The predicted molar refractivity (Wildman–Crippen MR) is 143 cm³/mol. The van der Waals surface area contributed by atoms with Crippen molar-refractivity contribution >= 4 is 15.7 Å². The average molecular weight is 554 g/mol. The number of carbonyl (C=O) groups is 1. The van der Waals surface area contributed by atoms with Crippen LogP contribution in [0.1, 0.15) is 27.4 Å². The monoisotopic (exact) mass is 553 g/mol. The molecule has 0 saturated carbocycles. The number of rotatable bonds is 13. The molecule has 2 aromatic carbocycles. The summed E-state index contributed by atoms with van der Waals surface area (Å²) in [4.78, 5) is 19.4. The van der Waals surface area contributed by atoms with E-state index in [0.29, 0.717) is 34.1 Å². The van der Waals surface area contributed by atoms with Crippen LogP contribution in [0, 0.1) is 0 Å². The number of hydrogen-bond donors (Lipinski definition) is 0. The lowest BCUT2D eigenvalue weighted by atomic mass is 10.2. The van der Waals surface area contributed by atoms with Gasteiger partial charge >= 0.3 is 0 Å². The van der Waals surface area contributed by atoms with Crippen LogP contribution in [0.3, 0.4) is 0 Å². The van der Waals surface area contributed by atoms with Gasteiger partial charge in [0.1, 0.15) is 17.3 Å². The van der Waals surface area contributed by atoms with Crippen LogP contribution in [-0.2, 0) is 40.0 Å². The number of imidazole rings is 1. The largest absolute Gasteiger partial charge is 0.497 e. The minimum atomic E-state index is -3.84. The summed E-state index contributed by atoms with van der Waals surface area (Å²) in [6, 6.07) is 17.2. The molecular formula is C28H31N3O7S. The highest BCUT2D eigenvalue weighted by molar-refractivity contribution is 7.90. The van der Waals surface area contributed by atoms with Crippen molar-refractivity contribution in [1.29, 1.82) is 0 Å². The SMILES string of the molecule is COCCn1c(CN(Cc2ccco2)C(=O)c2ccc(OC)cc2)cnc1S(=O)(=O)Cc1cccc(OC)c1.